The van der Waals surface area contributed by atoms with Crippen molar-refractivity contribution < 1.29 is 28.9 Å². The summed E-state index contributed by atoms with van der Waals surface area (Å²) in [6, 6.07) is 2.33. The maximum absolute atomic E-state index is 12.5. The molecule has 1 saturated heterocycles. The van der Waals surface area contributed by atoms with E-state index in [1.165, 1.54) is 38.5 Å². The molecule has 132 valence electrons. The standard InChI is InChI=1S/C16H22N2O6/c1-22-12-8-10(9-13(23-2)14(12)24-3)15(19)17-18-7-5-4-6-11(18)16(20)21/h8-9,11H,4-7H2,1-3H3,(H,17,19)(H,20,21). The van der Waals surface area contributed by atoms with Gasteiger partial charge in [-0.2, -0.15) is 0 Å². The van der Waals surface area contributed by atoms with Gasteiger partial charge < -0.3 is 19.3 Å². The van der Waals surface area contributed by atoms with E-state index in [2.05, 4.69) is 5.43 Å². The molecule has 0 aromatic heterocycles. The van der Waals surface area contributed by atoms with E-state index in [9.17, 15) is 14.7 Å². The second-order valence-electron chi connectivity index (χ2n) is 5.40. The van der Waals surface area contributed by atoms with E-state index < -0.39 is 17.9 Å². The molecule has 2 rings (SSSR count). The molecule has 0 aliphatic carbocycles. The smallest absolute Gasteiger partial charge is 0.322 e. The number of benzene rings is 1. The van der Waals surface area contributed by atoms with Crippen LogP contribution in [0.15, 0.2) is 12.1 Å². The Kier molecular flexibility index (Phi) is 5.86. The zero-order valence-electron chi connectivity index (χ0n) is 14.0. The summed E-state index contributed by atoms with van der Waals surface area (Å²) < 4.78 is 15.7. The summed E-state index contributed by atoms with van der Waals surface area (Å²) in [4.78, 5) is 23.8. The average molecular weight is 338 g/mol. The summed E-state index contributed by atoms with van der Waals surface area (Å²) in [5, 5.41) is 10.7. The first-order valence-corrected chi connectivity index (χ1v) is 7.62. The highest BCUT2D eigenvalue weighted by molar-refractivity contribution is 5.95. The molecule has 1 atom stereocenters. The van der Waals surface area contributed by atoms with Gasteiger partial charge in [0.25, 0.3) is 5.91 Å². The number of aliphatic carboxylic acids is 1. The number of methoxy groups -OCH3 is 3. The number of hydrazine groups is 1. The second kappa shape index (κ2) is 7.87. The Bertz CT molecular complexity index is 594. The van der Waals surface area contributed by atoms with Gasteiger partial charge in [-0.1, -0.05) is 0 Å². The van der Waals surface area contributed by atoms with Crippen LogP contribution in [0.3, 0.4) is 0 Å². The maximum Gasteiger partial charge on any atom is 0.322 e. The van der Waals surface area contributed by atoms with Gasteiger partial charge in [-0.25, -0.2) is 5.01 Å². The molecule has 1 aromatic carbocycles. The molecule has 2 N–H and O–H groups in total. The van der Waals surface area contributed by atoms with Crippen LogP contribution >= 0.6 is 0 Å². The van der Waals surface area contributed by atoms with E-state index >= 15 is 0 Å². The van der Waals surface area contributed by atoms with Gasteiger partial charge in [0.15, 0.2) is 11.5 Å². The number of nitrogens with zero attached hydrogens (tertiary/aromatic N) is 1. The van der Waals surface area contributed by atoms with Gasteiger partial charge in [0.05, 0.1) is 21.3 Å². The Labute approximate surface area is 140 Å². The van der Waals surface area contributed by atoms with Gasteiger partial charge in [-0.15, -0.1) is 0 Å². The van der Waals surface area contributed by atoms with Crippen molar-refractivity contribution in [1.29, 1.82) is 0 Å². The number of rotatable bonds is 6. The lowest BCUT2D eigenvalue weighted by molar-refractivity contribution is -0.145. The van der Waals surface area contributed by atoms with Gasteiger partial charge in [0.2, 0.25) is 5.75 Å². The van der Waals surface area contributed by atoms with E-state index in [4.69, 9.17) is 14.2 Å². The first-order chi connectivity index (χ1) is 11.5. The van der Waals surface area contributed by atoms with Gasteiger partial charge >= 0.3 is 5.97 Å². The summed E-state index contributed by atoms with van der Waals surface area (Å²) in [7, 11) is 4.40. The molecule has 0 bridgehead atoms. The molecule has 1 heterocycles. The Morgan fingerprint density at radius 1 is 1.12 bits per heavy atom. The SMILES string of the molecule is COc1cc(C(=O)NN2CCCCC2C(=O)O)cc(OC)c1OC. The summed E-state index contributed by atoms with van der Waals surface area (Å²) in [5.74, 6) is -0.272. The Morgan fingerprint density at radius 3 is 2.25 bits per heavy atom. The van der Waals surface area contributed by atoms with Crippen LogP contribution < -0.4 is 19.6 Å². The minimum absolute atomic E-state index is 0.291. The van der Waals surface area contributed by atoms with Crippen LogP contribution in [0, 0.1) is 0 Å². The van der Waals surface area contributed by atoms with E-state index in [0.717, 1.165) is 12.8 Å². The van der Waals surface area contributed by atoms with Crippen LogP contribution in [-0.4, -0.2) is 55.9 Å². The summed E-state index contributed by atoms with van der Waals surface area (Å²) in [5.41, 5.74) is 2.96. The third-order valence-corrected chi connectivity index (χ3v) is 3.96. The zero-order valence-corrected chi connectivity index (χ0v) is 14.0. The fourth-order valence-electron chi connectivity index (χ4n) is 2.73. The number of amides is 1. The molecule has 24 heavy (non-hydrogen) atoms. The fourth-order valence-corrected chi connectivity index (χ4v) is 2.73. The molecule has 1 aliphatic rings. The quantitative estimate of drug-likeness (QED) is 0.807. The first kappa shape index (κ1) is 17.9. The fraction of sp³-hybridized carbons (Fsp3) is 0.500. The Balaban J connectivity index is 2.24. The minimum atomic E-state index is -0.945. The Morgan fingerprint density at radius 2 is 1.75 bits per heavy atom. The van der Waals surface area contributed by atoms with Crippen LogP contribution in [0.1, 0.15) is 29.6 Å². The van der Waals surface area contributed by atoms with Gasteiger partial charge in [-0.05, 0) is 31.4 Å². The number of hydrogen-bond acceptors (Lipinski definition) is 6. The molecular formula is C16H22N2O6. The van der Waals surface area contributed by atoms with E-state index in [-0.39, 0.29) is 0 Å². The molecule has 8 nitrogen and oxygen atoms in total. The molecule has 0 saturated carbocycles. The number of hydrogen-bond donors (Lipinski definition) is 2. The lowest BCUT2D eigenvalue weighted by atomic mass is 10.0. The lowest BCUT2D eigenvalue weighted by Gasteiger charge is -2.32. The monoisotopic (exact) mass is 338 g/mol. The molecule has 0 radical (unpaired) electrons. The highest BCUT2D eigenvalue weighted by atomic mass is 16.5. The average Bonchev–Trinajstić information content (AvgIpc) is 2.60. The molecule has 1 amide bonds. The van der Waals surface area contributed by atoms with Gasteiger partial charge in [-0.3, -0.25) is 15.0 Å². The number of piperidine rings is 1. The predicted octanol–water partition coefficient (Wildman–Crippen LogP) is 1.30. The summed E-state index contributed by atoms with van der Waals surface area (Å²) in [6.07, 6.45) is 2.16. The number of nitrogens with one attached hydrogen (secondary N) is 1. The molecule has 1 unspecified atom stereocenters. The lowest BCUT2D eigenvalue weighted by Crippen LogP contribution is -2.54. The third-order valence-electron chi connectivity index (χ3n) is 3.96. The van der Waals surface area contributed by atoms with Crippen LogP contribution in [0.5, 0.6) is 17.2 Å². The molecule has 1 aliphatic heterocycles. The highest BCUT2D eigenvalue weighted by Crippen LogP contribution is 2.38. The van der Waals surface area contributed by atoms with Crippen molar-refractivity contribution in [3.05, 3.63) is 17.7 Å². The topological polar surface area (TPSA) is 97.3 Å². The molecule has 0 spiro atoms. The Hall–Kier alpha value is -2.48. The molecule has 1 fully saturated rings. The molecular weight excluding hydrogens is 316 g/mol. The number of ether oxygens (including phenoxy) is 3. The largest absolute Gasteiger partial charge is 0.493 e. The summed E-state index contributed by atoms with van der Waals surface area (Å²) in [6.45, 7) is 0.493. The van der Waals surface area contributed by atoms with Crippen LogP contribution in [0.25, 0.3) is 0 Å². The highest BCUT2D eigenvalue weighted by Gasteiger charge is 2.30. The molecule has 8 heteroatoms. The zero-order chi connectivity index (χ0) is 17.7. The third kappa shape index (κ3) is 3.70. The van der Waals surface area contributed by atoms with Crippen LogP contribution in [-0.2, 0) is 4.79 Å². The number of carbonyl (C=O) groups excluding carboxylic acids is 1. The van der Waals surface area contributed by atoms with Crippen molar-refractivity contribution in [2.45, 2.75) is 25.3 Å². The van der Waals surface area contributed by atoms with Crippen LogP contribution in [0.4, 0.5) is 0 Å². The van der Waals surface area contributed by atoms with Crippen molar-refractivity contribution in [1.82, 2.24) is 10.4 Å². The van der Waals surface area contributed by atoms with E-state index in [1.54, 1.807) is 0 Å². The van der Waals surface area contributed by atoms with Crippen LogP contribution in [0.2, 0.25) is 0 Å². The predicted molar refractivity (Wildman–Crippen MR) is 85.5 cm³/mol. The number of carbonyl (C=O) groups is 2. The van der Waals surface area contributed by atoms with Gasteiger partial charge in [0, 0.05) is 12.1 Å². The van der Waals surface area contributed by atoms with E-state index in [1.807, 2.05) is 0 Å². The minimum Gasteiger partial charge on any atom is -0.493 e. The number of carboxylic acid groups (broad SMARTS) is 1. The maximum atomic E-state index is 12.5. The number of carboxylic acids is 1. The van der Waals surface area contributed by atoms with Gasteiger partial charge in [0.1, 0.15) is 6.04 Å². The summed E-state index contributed by atoms with van der Waals surface area (Å²) >= 11 is 0. The van der Waals surface area contributed by atoms with Crippen molar-refractivity contribution in [3.63, 3.8) is 0 Å². The molecule has 1 aromatic rings. The van der Waals surface area contributed by atoms with Crippen molar-refractivity contribution in [2.24, 2.45) is 0 Å². The first-order valence-electron chi connectivity index (χ1n) is 7.62. The van der Waals surface area contributed by atoms with E-state index in [0.29, 0.717) is 35.8 Å². The normalized spacial score (nSPS) is 17.9. The van der Waals surface area contributed by atoms with Crippen molar-refractivity contribution in [2.75, 3.05) is 27.9 Å². The van der Waals surface area contributed by atoms with Crippen molar-refractivity contribution in [3.8, 4) is 17.2 Å². The second-order valence-corrected chi connectivity index (χ2v) is 5.40. The van der Waals surface area contributed by atoms with Crippen molar-refractivity contribution >= 4 is 11.9 Å².